The van der Waals surface area contributed by atoms with Crippen LogP contribution in [0.3, 0.4) is 0 Å². The molecule has 7 nitrogen and oxygen atoms in total. The highest BCUT2D eigenvalue weighted by Gasteiger charge is 2.21. The maximum Gasteiger partial charge on any atom is 0.183 e. The van der Waals surface area contributed by atoms with E-state index in [4.69, 9.17) is 17.3 Å². The van der Waals surface area contributed by atoms with Gasteiger partial charge in [0.2, 0.25) is 0 Å². The molecule has 1 aliphatic heterocycles. The van der Waals surface area contributed by atoms with Crippen LogP contribution in [0.1, 0.15) is 6.42 Å². The number of nitrogens with zero attached hydrogens (tertiary/aromatic N) is 5. The van der Waals surface area contributed by atoms with E-state index < -0.39 is 0 Å². The van der Waals surface area contributed by atoms with E-state index in [1.54, 1.807) is 6.20 Å². The van der Waals surface area contributed by atoms with Gasteiger partial charge in [0.25, 0.3) is 0 Å². The van der Waals surface area contributed by atoms with Crippen LogP contribution in [-0.2, 0) is 0 Å². The number of benzene rings is 1. The number of fused-ring (bicyclic) bond motifs is 1. The van der Waals surface area contributed by atoms with E-state index in [2.05, 4.69) is 30.3 Å². The quantitative estimate of drug-likeness (QED) is 0.745. The van der Waals surface area contributed by atoms with Crippen LogP contribution in [0, 0.1) is 0 Å². The Morgan fingerprint density at radius 3 is 3.09 bits per heavy atom. The van der Waals surface area contributed by atoms with Crippen molar-refractivity contribution >= 4 is 28.3 Å². The molecule has 0 radical (unpaired) electrons. The monoisotopic (exact) mass is 315 g/mol. The summed E-state index contributed by atoms with van der Waals surface area (Å²) in [6.07, 6.45) is 2.64. The fraction of sp³-hybridized carbons (Fsp3) is 0.286. The van der Waals surface area contributed by atoms with Gasteiger partial charge >= 0.3 is 0 Å². The molecule has 0 amide bonds. The van der Waals surface area contributed by atoms with E-state index in [1.807, 2.05) is 18.2 Å². The summed E-state index contributed by atoms with van der Waals surface area (Å²) in [7, 11) is 0. The number of anilines is 1. The van der Waals surface area contributed by atoms with Gasteiger partial charge < -0.3 is 10.6 Å². The molecule has 3 aromatic rings. The van der Waals surface area contributed by atoms with E-state index >= 15 is 0 Å². The van der Waals surface area contributed by atoms with Gasteiger partial charge in [-0.2, -0.15) is 10.2 Å². The zero-order chi connectivity index (χ0) is 15.1. The number of halogens is 1. The van der Waals surface area contributed by atoms with Gasteiger partial charge in [-0.3, -0.25) is 5.10 Å². The van der Waals surface area contributed by atoms with E-state index in [-0.39, 0.29) is 6.04 Å². The summed E-state index contributed by atoms with van der Waals surface area (Å²) in [5.74, 6) is 1.37. The lowest BCUT2D eigenvalue weighted by Gasteiger charge is -2.16. The van der Waals surface area contributed by atoms with E-state index in [1.165, 1.54) is 0 Å². The number of hydrogen-bond acceptors (Lipinski definition) is 6. The topological polar surface area (TPSA) is 96.6 Å². The fourth-order valence-electron chi connectivity index (χ4n) is 2.68. The van der Waals surface area contributed by atoms with Crippen LogP contribution >= 0.6 is 11.6 Å². The van der Waals surface area contributed by atoms with Crippen LogP contribution in [0.2, 0.25) is 5.15 Å². The van der Waals surface area contributed by atoms with E-state index in [9.17, 15) is 0 Å². The molecule has 8 heteroatoms. The minimum atomic E-state index is 0.194. The second kappa shape index (κ2) is 5.19. The summed E-state index contributed by atoms with van der Waals surface area (Å²) >= 11 is 6.09. The van der Waals surface area contributed by atoms with E-state index in [0.29, 0.717) is 11.0 Å². The zero-order valence-corrected chi connectivity index (χ0v) is 12.5. The van der Waals surface area contributed by atoms with Gasteiger partial charge in [-0.25, -0.2) is 4.98 Å². The number of hydrogen-bond donors (Lipinski definition) is 2. The van der Waals surface area contributed by atoms with Crippen molar-refractivity contribution in [2.45, 2.75) is 12.5 Å². The zero-order valence-electron chi connectivity index (χ0n) is 11.7. The van der Waals surface area contributed by atoms with Crippen molar-refractivity contribution < 1.29 is 0 Å². The standard InChI is InChI=1S/C14H14ClN7/c15-13-10-5-8(1-2-11(10)19-20-13)14-18-12(6-17-21-14)22-4-3-9(16)7-22/h1-2,5-6,9H,3-4,7,16H2,(H,19,20). The number of aromatic amines is 1. The number of aromatic nitrogens is 5. The number of nitrogens with two attached hydrogens (primary N) is 1. The Hall–Kier alpha value is -2.25. The van der Waals surface area contributed by atoms with Gasteiger partial charge in [-0.05, 0) is 24.6 Å². The highest BCUT2D eigenvalue weighted by Crippen LogP contribution is 2.26. The van der Waals surface area contributed by atoms with Crippen molar-refractivity contribution in [1.82, 2.24) is 25.4 Å². The summed E-state index contributed by atoms with van der Waals surface area (Å²) in [5, 5.41) is 16.4. The van der Waals surface area contributed by atoms with Crippen molar-refractivity contribution in [3.8, 4) is 11.4 Å². The SMILES string of the molecule is NC1CCN(c2cnnc(-c3ccc4n[nH]c(Cl)c4c3)n2)C1. The van der Waals surface area contributed by atoms with Crippen LogP contribution in [-0.4, -0.2) is 44.5 Å². The Bertz CT molecular complexity index is 831. The highest BCUT2D eigenvalue weighted by molar-refractivity contribution is 6.34. The van der Waals surface area contributed by atoms with Gasteiger partial charge in [0.15, 0.2) is 11.6 Å². The van der Waals surface area contributed by atoms with Crippen molar-refractivity contribution in [1.29, 1.82) is 0 Å². The van der Waals surface area contributed by atoms with Crippen LogP contribution in [0.5, 0.6) is 0 Å². The molecule has 4 rings (SSSR count). The molecule has 0 bridgehead atoms. The van der Waals surface area contributed by atoms with E-state index in [0.717, 1.165) is 41.8 Å². The molecule has 1 fully saturated rings. The third-order valence-corrected chi connectivity index (χ3v) is 4.15. The first kappa shape index (κ1) is 13.4. The first-order valence-corrected chi connectivity index (χ1v) is 7.43. The third kappa shape index (κ3) is 2.28. The Labute approximate surface area is 131 Å². The molecule has 3 N–H and O–H groups in total. The molecule has 22 heavy (non-hydrogen) atoms. The number of rotatable bonds is 2. The molecule has 0 aliphatic carbocycles. The molecule has 112 valence electrons. The molecule has 1 atom stereocenters. The molecule has 1 saturated heterocycles. The van der Waals surface area contributed by atoms with Crippen molar-refractivity contribution in [2.75, 3.05) is 18.0 Å². The summed E-state index contributed by atoms with van der Waals surface area (Å²) in [6, 6.07) is 5.90. The minimum absolute atomic E-state index is 0.194. The average Bonchev–Trinajstić information content (AvgIpc) is 3.14. The second-order valence-electron chi connectivity index (χ2n) is 5.40. The van der Waals surface area contributed by atoms with Crippen molar-refractivity contribution in [2.24, 2.45) is 5.73 Å². The lowest BCUT2D eigenvalue weighted by atomic mass is 10.1. The minimum Gasteiger partial charge on any atom is -0.354 e. The summed E-state index contributed by atoms with van der Waals surface area (Å²) < 4.78 is 0. The third-order valence-electron chi connectivity index (χ3n) is 3.86. The Balaban J connectivity index is 1.73. The van der Waals surface area contributed by atoms with Crippen LogP contribution in [0.4, 0.5) is 5.82 Å². The molecular weight excluding hydrogens is 302 g/mol. The molecule has 3 heterocycles. The lowest BCUT2D eigenvalue weighted by Crippen LogP contribution is -2.27. The molecule has 2 aromatic heterocycles. The van der Waals surface area contributed by atoms with Crippen LogP contribution in [0.15, 0.2) is 24.4 Å². The normalized spacial score (nSPS) is 18.3. The van der Waals surface area contributed by atoms with Crippen LogP contribution < -0.4 is 10.6 Å². The number of nitrogens with one attached hydrogen (secondary N) is 1. The smallest absolute Gasteiger partial charge is 0.183 e. The Morgan fingerprint density at radius 1 is 1.36 bits per heavy atom. The van der Waals surface area contributed by atoms with Gasteiger partial charge in [0.1, 0.15) is 5.15 Å². The highest BCUT2D eigenvalue weighted by atomic mass is 35.5. The second-order valence-corrected chi connectivity index (χ2v) is 5.78. The predicted molar refractivity (Wildman–Crippen MR) is 84.7 cm³/mol. The first-order valence-electron chi connectivity index (χ1n) is 7.05. The maximum atomic E-state index is 6.09. The molecule has 1 aliphatic rings. The van der Waals surface area contributed by atoms with Gasteiger partial charge in [-0.15, -0.1) is 5.10 Å². The summed E-state index contributed by atoms with van der Waals surface area (Å²) in [5.41, 5.74) is 7.61. The van der Waals surface area contributed by atoms with Gasteiger partial charge in [-0.1, -0.05) is 11.6 Å². The molecule has 1 unspecified atom stereocenters. The summed E-state index contributed by atoms with van der Waals surface area (Å²) in [4.78, 5) is 6.73. The molecular formula is C14H14ClN7. The van der Waals surface area contributed by atoms with Crippen molar-refractivity contribution in [3.05, 3.63) is 29.5 Å². The Kier molecular flexibility index (Phi) is 3.16. The predicted octanol–water partition coefficient (Wildman–Crippen LogP) is 1.61. The number of H-pyrrole nitrogens is 1. The van der Waals surface area contributed by atoms with Crippen LogP contribution in [0.25, 0.3) is 22.3 Å². The average molecular weight is 316 g/mol. The lowest BCUT2D eigenvalue weighted by molar-refractivity contribution is 0.751. The van der Waals surface area contributed by atoms with Gasteiger partial charge in [0.05, 0.1) is 11.7 Å². The largest absolute Gasteiger partial charge is 0.354 e. The maximum absolute atomic E-state index is 6.09. The molecule has 1 aromatic carbocycles. The first-order chi connectivity index (χ1) is 10.7. The van der Waals surface area contributed by atoms with Gasteiger partial charge in [0, 0.05) is 30.1 Å². The van der Waals surface area contributed by atoms with Crippen molar-refractivity contribution in [3.63, 3.8) is 0 Å². The summed E-state index contributed by atoms with van der Waals surface area (Å²) in [6.45, 7) is 1.69. The molecule has 0 saturated carbocycles. The Morgan fingerprint density at radius 2 is 2.27 bits per heavy atom. The fourth-order valence-corrected chi connectivity index (χ4v) is 2.88. The molecule has 0 spiro atoms.